The molecule has 0 aliphatic rings. The van der Waals surface area contributed by atoms with Crippen molar-refractivity contribution in [2.24, 2.45) is 5.73 Å². The van der Waals surface area contributed by atoms with E-state index in [1.807, 2.05) is 19.3 Å². The number of aromatic nitrogens is 1. The van der Waals surface area contributed by atoms with Crippen LogP contribution >= 0.6 is 0 Å². The molecule has 1 aromatic rings. The van der Waals surface area contributed by atoms with Crippen molar-refractivity contribution in [3.05, 3.63) is 23.5 Å². The fourth-order valence-electron chi connectivity index (χ4n) is 1.14. The van der Waals surface area contributed by atoms with Gasteiger partial charge in [0.05, 0.1) is 0 Å². The second-order valence-electron chi connectivity index (χ2n) is 2.58. The first-order valence-electron chi connectivity index (χ1n) is 3.66. The Labute approximate surface area is 61.4 Å². The Hall–Kier alpha value is -0.760. The molecule has 1 rings (SSSR count). The van der Waals surface area contributed by atoms with Crippen molar-refractivity contribution in [1.29, 1.82) is 0 Å². The molecule has 3 N–H and O–H groups in total. The SMILES string of the molecule is CCc1c[nH]cc1[C@@H](C)N. The molecule has 0 fully saturated rings. The predicted octanol–water partition coefficient (Wildman–Crippen LogP) is 1.60. The fourth-order valence-corrected chi connectivity index (χ4v) is 1.14. The molecule has 1 aromatic heterocycles. The minimum absolute atomic E-state index is 0.154. The topological polar surface area (TPSA) is 41.8 Å². The van der Waals surface area contributed by atoms with Gasteiger partial charge in [-0.25, -0.2) is 0 Å². The minimum Gasteiger partial charge on any atom is -0.367 e. The van der Waals surface area contributed by atoms with E-state index >= 15 is 0 Å². The van der Waals surface area contributed by atoms with Gasteiger partial charge in [-0.3, -0.25) is 0 Å². The first-order valence-corrected chi connectivity index (χ1v) is 3.66. The van der Waals surface area contributed by atoms with Crippen LogP contribution in [0.3, 0.4) is 0 Å². The Balaban J connectivity index is 2.90. The van der Waals surface area contributed by atoms with Gasteiger partial charge in [-0.1, -0.05) is 6.92 Å². The van der Waals surface area contributed by atoms with Gasteiger partial charge in [0.1, 0.15) is 0 Å². The lowest BCUT2D eigenvalue weighted by atomic mass is 10.1. The Morgan fingerprint density at radius 3 is 2.70 bits per heavy atom. The third kappa shape index (κ3) is 1.21. The molecule has 0 aromatic carbocycles. The summed E-state index contributed by atoms with van der Waals surface area (Å²) >= 11 is 0. The smallest absolute Gasteiger partial charge is 0.0283 e. The summed E-state index contributed by atoms with van der Waals surface area (Å²) in [5.41, 5.74) is 8.28. The molecule has 0 amide bonds. The van der Waals surface area contributed by atoms with Crippen LogP contribution in [0, 0.1) is 0 Å². The van der Waals surface area contributed by atoms with E-state index in [0.717, 1.165) is 6.42 Å². The predicted molar refractivity (Wildman–Crippen MR) is 42.8 cm³/mol. The Morgan fingerprint density at radius 2 is 2.30 bits per heavy atom. The monoisotopic (exact) mass is 138 g/mol. The molecule has 0 saturated carbocycles. The normalized spacial score (nSPS) is 13.5. The molecule has 0 unspecified atom stereocenters. The average Bonchev–Trinajstić information content (AvgIpc) is 2.33. The third-order valence-corrected chi connectivity index (χ3v) is 1.74. The highest BCUT2D eigenvalue weighted by molar-refractivity contribution is 5.25. The second-order valence-corrected chi connectivity index (χ2v) is 2.58. The summed E-state index contributed by atoms with van der Waals surface area (Å²) in [5, 5.41) is 0. The van der Waals surface area contributed by atoms with Gasteiger partial charge in [0.15, 0.2) is 0 Å². The van der Waals surface area contributed by atoms with Crippen LogP contribution in [-0.4, -0.2) is 4.98 Å². The zero-order valence-electron chi connectivity index (χ0n) is 6.52. The molecule has 0 spiro atoms. The van der Waals surface area contributed by atoms with E-state index in [4.69, 9.17) is 5.73 Å². The highest BCUT2D eigenvalue weighted by atomic mass is 14.7. The highest BCUT2D eigenvalue weighted by Crippen LogP contribution is 2.14. The lowest BCUT2D eigenvalue weighted by Crippen LogP contribution is -2.05. The molecule has 0 bridgehead atoms. The van der Waals surface area contributed by atoms with Crippen LogP contribution in [0.5, 0.6) is 0 Å². The molecule has 1 heterocycles. The molecular weight excluding hydrogens is 124 g/mol. The van der Waals surface area contributed by atoms with Gasteiger partial charge >= 0.3 is 0 Å². The highest BCUT2D eigenvalue weighted by Gasteiger charge is 2.04. The van der Waals surface area contributed by atoms with E-state index in [-0.39, 0.29) is 6.04 Å². The number of H-pyrrole nitrogens is 1. The molecule has 56 valence electrons. The van der Waals surface area contributed by atoms with Crippen LogP contribution in [0.1, 0.15) is 31.0 Å². The van der Waals surface area contributed by atoms with E-state index in [9.17, 15) is 0 Å². The molecular formula is C8H14N2. The Bertz CT molecular complexity index is 201. The zero-order chi connectivity index (χ0) is 7.56. The number of hydrogen-bond donors (Lipinski definition) is 2. The standard InChI is InChI=1S/C8H14N2/c1-3-7-4-10-5-8(7)6(2)9/h4-6,10H,3,9H2,1-2H3/t6-/m1/s1. The molecule has 10 heavy (non-hydrogen) atoms. The summed E-state index contributed by atoms with van der Waals surface area (Å²) < 4.78 is 0. The Morgan fingerprint density at radius 1 is 1.60 bits per heavy atom. The molecule has 0 aliphatic carbocycles. The summed E-state index contributed by atoms with van der Waals surface area (Å²) in [7, 11) is 0. The number of aromatic amines is 1. The minimum atomic E-state index is 0.154. The summed E-state index contributed by atoms with van der Waals surface area (Å²) in [6.07, 6.45) is 5.04. The first-order chi connectivity index (χ1) is 4.75. The van der Waals surface area contributed by atoms with Crippen molar-refractivity contribution >= 4 is 0 Å². The summed E-state index contributed by atoms with van der Waals surface area (Å²) in [5.74, 6) is 0. The maximum Gasteiger partial charge on any atom is 0.0283 e. The van der Waals surface area contributed by atoms with Gasteiger partial charge in [-0.05, 0) is 24.5 Å². The molecule has 0 saturated heterocycles. The van der Waals surface area contributed by atoms with Gasteiger partial charge in [0.25, 0.3) is 0 Å². The molecule has 1 atom stereocenters. The van der Waals surface area contributed by atoms with E-state index in [0.29, 0.717) is 0 Å². The number of hydrogen-bond acceptors (Lipinski definition) is 1. The first kappa shape index (κ1) is 7.35. The summed E-state index contributed by atoms with van der Waals surface area (Å²) in [4.78, 5) is 3.05. The van der Waals surface area contributed by atoms with Crippen molar-refractivity contribution < 1.29 is 0 Å². The van der Waals surface area contributed by atoms with Crippen molar-refractivity contribution in [2.45, 2.75) is 26.3 Å². The lowest BCUT2D eigenvalue weighted by Gasteiger charge is -2.03. The fraction of sp³-hybridized carbons (Fsp3) is 0.500. The summed E-state index contributed by atoms with van der Waals surface area (Å²) in [6.45, 7) is 4.14. The quantitative estimate of drug-likeness (QED) is 0.640. The third-order valence-electron chi connectivity index (χ3n) is 1.74. The molecule has 0 aliphatic heterocycles. The van der Waals surface area contributed by atoms with Gasteiger partial charge in [-0.15, -0.1) is 0 Å². The van der Waals surface area contributed by atoms with Crippen molar-refractivity contribution in [2.75, 3.05) is 0 Å². The van der Waals surface area contributed by atoms with E-state index in [1.54, 1.807) is 0 Å². The van der Waals surface area contributed by atoms with Gasteiger partial charge in [-0.2, -0.15) is 0 Å². The van der Waals surface area contributed by atoms with Gasteiger partial charge < -0.3 is 10.7 Å². The maximum atomic E-state index is 5.71. The number of rotatable bonds is 2. The van der Waals surface area contributed by atoms with Crippen molar-refractivity contribution in [1.82, 2.24) is 4.98 Å². The van der Waals surface area contributed by atoms with Crippen LogP contribution in [0.2, 0.25) is 0 Å². The van der Waals surface area contributed by atoms with Crippen LogP contribution in [0.15, 0.2) is 12.4 Å². The van der Waals surface area contributed by atoms with Gasteiger partial charge in [0, 0.05) is 18.4 Å². The maximum absolute atomic E-state index is 5.71. The van der Waals surface area contributed by atoms with Crippen molar-refractivity contribution in [3.63, 3.8) is 0 Å². The largest absolute Gasteiger partial charge is 0.367 e. The lowest BCUT2D eigenvalue weighted by molar-refractivity contribution is 0.805. The second kappa shape index (κ2) is 2.88. The van der Waals surface area contributed by atoms with E-state index in [1.165, 1.54) is 11.1 Å². The van der Waals surface area contributed by atoms with Gasteiger partial charge in [0.2, 0.25) is 0 Å². The summed E-state index contributed by atoms with van der Waals surface area (Å²) in [6, 6.07) is 0.154. The van der Waals surface area contributed by atoms with Crippen LogP contribution in [0.4, 0.5) is 0 Å². The molecule has 2 heteroatoms. The van der Waals surface area contributed by atoms with Crippen molar-refractivity contribution in [3.8, 4) is 0 Å². The number of aryl methyl sites for hydroxylation is 1. The average molecular weight is 138 g/mol. The molecule has 2 nitrogen and oxygen atoms in total. The number of nitrogens with two attached hydrogens (primary N) is 1. The van der Waals surface area contributed by atoms with E-state index < -0.39 is 0 Å². The number of nitrogens with one attached hydrogen (secondary N) is 1. The van der Waals surface area contributed by atoms with Crippen LogP contribution < -0.4 is 5.73 Å². The van der Waals surface area contributed by atoms with E-state index in [2.05, 4.69) is 11.9 Å². The zero-order valence-corrected chi connectivity index (χ0v) is 6.52. The molecule has 0 radical (unpaired) electrons. The van der Waals surface area contributed by atoms with Crippen LogP contribution in [-0.2, 0) is 6.42 Å². The Kier molecular flexibility index (Phi) is 2.12. The van der Waals surface area contributed by atoms with Crippen LogP contribution in [0.25, 0.3) is 0 Å².